The van der Waals surface area contributed by atoms with E-state index in [1.807, 2.05) is 32.0 Å². The van der Waals surface area contributed by atoms with Crippen molar-refractivity contribution in [2.24, 2.45) is 0 Å². The summed E-state index contributed by atoms with van der Waals surface area (Å²) in [4.78, 5) is 20.1. The van der Waals surface area contributed by atoms with E-state index in [0.717, 1.165) is 9.88 Å². The van der Waals surface area contributed by atoms with E-state index in [4.69, 9.17) is 4.74 Å². The Morgan fingerprint density at radius 3 is 2.76 bits per heavy atom. The van der Waals surface area contributed by atoms with Crippen molar-refractivity contribution in [2.75, 3.05) is 38.7 Å². The van der Waals surface area contributed by atoms with Crippen molar-refractivity contribution in [2.45, 2.75) is 31.3 Å². The van der Waals surface area contributed by atoms with Crippen LogP contribution in [0.3, 0.4) is 0 Å². The van der Waals surface area contributed by atoms with Crippen LogP contribution in [0.4, 0.5) is 5.69 Å². The Morgan fingerprint density at radius 1 is 1.38 bits per heavy atom. The molecule has 8 nitrogen and oxygen atoms in total. The summed E-state index contributed by atoms with van der Waals surface area (Å²) < 4.78 is 32.3. The van der Waals surface area contributed by atoms with Crippen LogP contribution in [0.2, 0.25) is 0 Å². The monoisotopic (exact) mass is 438 g/mol. The number of carbonyl (C=O) groups excluding carboxylic acids is 1. The number of aromatic nitrogens is 1. The second-order valence-corrected chi connectivity index (χ2v) is 10.2. The van der Waals surface area contributed by atoms with Crippen LogP contribution in [0.5, 0.6) is 0 Å². The zero-order valence-electron chi connectivity index (χ0n) is 16.8. The topological polar surface area (TPSA) is 91.8 Å². The summed E-state index contributed by atoms with van der Waals surface area (Å²) in [6.45, 7) is 5.82. The molecule has 1 aromatic heterocycles. The number of ether oxygens (including phenoxy) is 1. The number of aryl methyl sites for hydroxylation is 1. The molecule has 0 aliphatic carbocycles. The van der Waals surface area contributed by atoms with Crippen molar-refractivity contribution in [3.8, 4) is 0 Å². The van der Waals surface area contributed by atoms with Gasteiger partial charge in [0, 0.05) is 36.4 Å². The molecule has 2 heterocycles. The molecular weight excluding hydrogens is 412 g/mol. The van der Waals surface area contributed by atoms with Gasteiger partial charge in [-0.2, -0.15) is 4.31 Å². The molecule has 1 aromatic carbocycles. The number of hydrogen-bond acceptors (Lipinski definition) is 7. The van der Waals surface area contributed by atoms with Gasteiger partial charge in [0.15, 0.2) is 0 Å². The first-order chi connectivity index (χ1) is 13.8. The molecule has 29 heavy (non-hydrogen) atoms. The number of morpholine rings is 1. The predicted molar refractivity (Wildman–Crippen MR) is 112 cm³/mol. The lowest BCUT2D eigenvalue weighted by molar-refractivity contribution is -0.120. The quantitative estimate of drug-likeness (QED) is 0.710. The minimum atomic E-state index is -3.61. The largest absolute Gasteiger partial charge is 0.379 e. The number of anilines is 1. The molecule has 2 aromatic rings. The number of amides is 1. The Labute approximate surface area is 175 Å². The summed E-state index contributed by atoms with van der Waals surface area (Å²) in [6.07, 6.45) is 1.82. The van der Waals surface area contributed by atoms with Crippen LogP contribution >= 0.6 is 11.3 Å². The summed E-state index contributed by atoms with van der Waals surface area (Å²) in [7, 11) is -1.74. The third kappa shape index (κ3) is 5.40. The lowest BCUT2D eigenvalue weighted by atomic mass is 10.2. The van der Waals surface area contributed by atoms with E-state index in [-0.39, 0.29) is 10.8 Å². The molecule has 1 atom stereocenters. The van der Waals surface area contributed by atoms with E-state index in [1.54, 1.807) is 29.5 Å². The Kier molecular flexibility index (Phi) is 7.01. The zero-order valence-corrected chi connectivity index (χ0v) is 18.4. The number of benzene rings is 1. The van der Waals surface area contributed by atoms with Gasteiger partial charge in [-0.25, -0.2) is 13.4 Å². The Bertz CT molecular complexity index is 955. The summed E-state index contributed by atoms with van der Waals surface area (Å²) >= 11 is 1.60. The standard InChI is InChI=1S/C19H26N4O4S2/c1-14(22(3)13-17-12-20-15(2)28-17)19(24)21-16-5-4-6-18(11-16)29(25,26)23-7-9-27-10-8-23/h4-6,11-12,14H,7-10,13H2,1-3H3,(H,21,24)/t14-/m0/s1. The maximum atomic E-state index is 12.8. The minimum absolute atomic E-state index is 0.165. The molecule has 0 saturated carbocycles. The first kappa shape index (κ1) is 21.8. The highest BCUT2D eigenvalue weighted by Crippen LogP contribution is 2.21. The van der Waals surface area contributed by atoms with E-state index in [2.05, 4.69) is 10.3 Å². The van der Waals surface area contributed by atoms with Crippen molar-refractivity contribution < 1.29 is 17.9 Å². The predicted octanol–water partition coefficient (Wildman–Crippen LogP) is 1.93. The molecule has 10 heteroatoms. The molecule has 158 valence electrons. The van der Waals surface area contributed by atoms with Crippen LogP contribution in [0, 0.1) is 6.92 Å². The van der Waals surface area contributed by atoms with E-state index in [1.165, 1.54) is 10.4 Å². The number of likely N-dealkylation sites (N-methyl/N-ethyl adjacent to an activating group) is 1. The van der Waals surface area contributed by atoms with Crippen LogP contribution < -0.4 is 5.32 Å². The highest BCUT2D eigenvalue weighted by atomic mass is 32.2. The Hall–Kier alpha value is -1.85. The van der Waals surface area contributed by atoms with Gasteiger partial charge >= 0.3 is 0 Å². The summed E-state index contributed by atoms with van der Waals surface area (Å²) in [5, 5.41) is 3.82. The minimum Gasteiger partial charge on any atom is -0.379 e. The van der Waals surface area contributed by atoms with Crippen LogP contribution in [0.1, 0.15) is 16.8 Å². The average molecular weight is 439 g/mol. The van der Waals surface area contributed by atoms with Crippen molar-refractivity contribution in [3.63, 3.8) is 0 Å². The van der Waals surface area contributed by atoms with Gasteiger partial charge in [-0.05, 0) is 39.1 Å². The summed E-state index contributed by atoms with van der Waals surface area (Å²) in [6, 6.07) is 5.98. The van der Waals surface area contributed by atoms with Gasteiger partial charge in [-0.15, -0.1) is 11.3 Å². The first-order valence-corrected chi connectivity index (χ1v) is 11.6. The highest BCUT2D eigenvalue weighted by Gasteiger charge is 2.27. The van der Waals surface area contributed by atoms with E-state index >= 15 is 0 Å². The average Bonchev–Trinajstić information content (AvgIpc) is 3.12. The van der Waals surface area contributed by atoms with E-state index in [9.17, 15) is 13.2 Å². The molecule has 1 aliphatic heterocycles. The molecule has 1 aliphatic rings. The molecule has 0 bridgehead atoms. The number of nitrogens with zero attached hydrogens (tertiary/aromatic N) is 3. The Morgan fingerprint density at radius 2 is 2.10 bits per heavy atom. The van der Waals surface area contributed by atoms with Crippen molar-refractivity contribution in [3.05, 3.63) is 40.3 Å². The number of hydrogen-bond donors (Lipinski definition) is 1. The van der Waals surface area contributed by atoms with Crippen molar-refractivity contribution in [1.82, 2.24) is 14.2 Å². The molecule has 1 fully saturated rings. The van der Waals surface area contributed by atoms with Crippen molar-refractivity contribution >= 4 is 33.0 Å². The lowest BCUT2D eigenvalue weighted by Crippen LogP contribution is -2.40. The second kappa shape index (κ2) is 9.31. The van der Waals surface area contributed by atoms with Gasteiger partial charge in [0.25, 0.3) is 0 Å². The number of rotatable bonds is 7. The van der Waals surface area contributed by atoms with Crippen LogP contribution in [0.15, 0.2) is 35.4 Å². The maximum absolute atomic E-state index is 12.8. The molecule has 0 spiro atoms. The van der Waals surface area contributed by atoms with Gasteiger partial charge in [-0.1, -0.05) is 6.07 Å². The number of carbonyl (C=O) groups is 1. The molecule has 0 radical (unpaired) electrons. The Balaban J connectivity index is 1.66. The molecule has 1 saturated heterocycles. The normalized spacial score (nSPS) is 16.7. The SMILES string of the molecule is Cc1ncc(CN(C)[C@@H](C)C(=O)Nc2cccc(S(=O)(=O)N3CCOCC3)c2)s1. The molecule has 1 N–H and O–H groups in total. The van der Waals surface area contributed by atoms with Gasteiger partial charge < -0.3 is 10.1 Å². The number of thiazole rings is 1. The summed E-state index contributed by atoms with van der Waals surface area (Å²) in [5.41, 5.74) is 0.457. The van der Waals surface area contributed by atoms with Crippen molar-refractivity contribution in [1.29, 1.82) is 0 Å². The fraction of sp³-hybridized carbons (Fsp3) is 0.474. The van der Waals surface area contributed by atoms with Gasteiger partial charge in [0.2, 0.25) is 15.9 Å². The van der Waals surface area contributed by atoms with Crippen LogP contribution in [0.25, 0.3) is 0 Å². The number of sulfonamides is 1. The lowest BCUT2D eigenvalue weighted by Gasteiger charge is -2.26. The smallest absolute Gasteiger partial charge is 0.243 e. The van der Waals surface area contributed by atoms with Gasteiger partial charge in [0.1, 0.15) is 0 Å². The molecule has 3 rings (SSSR count). The van der Waals surface area contributed by atoms with Gasteiger partial charge in [-0.3, -0.25) is 9.69 Å². The first-order valence-electron chi connectivity index (χ1n) is 9.38. The fourth-order valence-corrected chi connectivity index (χ4v) is 5.29. The van der Waals surface area contributed by atoms with E-state index < -0.39 is 16.1 Å². The number of nitrogens with one attached hydrogen (secondary N) is 1. The highest BCUT2D eigenvalue weighted by molar-refractivity contribution is 7.89. The van der Waals surface area contributed by atoms with Crippen LogP contribution in [-0.2, 0) is 26.1 Å². The van der Waals surface area contributed by atoms with Gasteiger partial charge in [0.05, 0.1) is 29.2 Å². The fourth-order valence-electron chi connectivity index (χ4n) is 2.98. The van der Waals surface area contributed by atoms with Crippen LogP contribution in [-0.4, -0.2) is 67.9 Å². The second-order valence-electron chi connectivity index (χ2n) is 6.97. The third-order valence-corrected chi connectivity index (χ3v) is 7.62. The summed E-state index contributed by atoms with van der Waals surface area (Å²) in [5.74, 6) is -0.199. The van der Waals surface area contributed by atoms with E-state index in [0.29, 0.717) is 38.5 Å². The molecule has 1 amide bonds. The maximum Gasteiger partial charge on any atom is 0.243 e. The zero-order chi connectivity index (χ0) is 21.0. The molecule has 0 unspecified atom stereocenters. The molecular formula is C19H26N4O4S2. The third-order valence-electron chi connectivity index (χ3n) is 4.82.